The third kappa shape index (κ3) is 3.36. The van der Waals surface area contributed by atoms with Crippen LogP contribution in [0.2, 0.25) is 0 Å². The summed E-state index contributed by atoms with van der Waals surface area (Å²) in [6, 6.07) is 16.7. The van der Waals surface area contributed by atoms with Crippen molar-refractivity contribution in [3.63, 3.8) is 0 Å². The Bertz CT molecular complexity index is 875. The Balaban J connectivity index is 2.21. The number of rotatable bonds is 6. The smallest absolute Gasteiger partial charge is 0.311 e. The minimum atomic E-state index is -3.82. The summed E-state index contributed by atoms with van der Waals surface area (Å²) in [7, 11) is -3.51. The zero-order chi connectivity index (χ0) is 19.7. The van der Waals surface area contributed by atoms with Crippen molar-refractivity contribution in [2.45, 2.75) is 24.3 Å². The second kappa shape index (κ2) is 7.63. The van der Waals surface area contributed by atoms with E-state index in [1.165, 1.54) is 21.3 Å². The van der Waals surface area contributed by atoms with Gasteiger partial charge in [-0.25, -0.2) is 0 Å². The van der Waals surface area contributed by atoms with E-state index in [2.05, 4.69) is 0 Å². The minimum absolute atomic E-state index is 0.143. The number of benzene rings is 2. The first-order chi connectivity index (χ1) is 12.8. The van der Waals surface area contributed by atoms with Gasteiger partial charge >= 0.3 is 15.2 Å². The van der Waals surface area contributed by atoms with Crippen molar-refractivity contribution in [1.29, 1.82) is 0 Å². The van der Waals surface area contributed by atoms with Gasteiger partial charge in [-0.3, -0.25) is 13.7 Å². The lowest BCUT2D eigenvalue weighted by atomic mass is 9.99. The van der Waals surface area contributed by atoms with Gasteiger partial charge in [0.05, 0.1) is 5.66 Å². The molecule has 0 N–H and O–H groups in total. The van der Waals surface area contributed by atoms with Gasteiger partial charge in [-0.1, -0.05) is 60.2 Å². The van der Waals surface area contributed by atoms with Gasteiger partial charge < -0.3 is 13.6 Å². The highest BCUT2D eigenvalue weighted by atomic mass is 31.2. The van der Waals surface area contributed by atoms with Crippen molar-refractivity contribution in [3.05, 3.63) is 71.3 Å². The van der Waals surface area contributed by atoms with E-state index >= 15 is 0 Å². The van der Waals surface area contributed by atoms with E-state index in [-0.39, 0.29) is 6.42 Å². The van der Waals surface area contributed by atoms with Gasteiger partial charge in [-0.05, 0) is 18.1 Å². The lowest BCUT2D eigenvalue weighted by molar-refractivity contribution is 0.104. The summed E-state index contributed by atoms with van der Waals surface area (Å²) in [6.07, 6.45) is 0.143. The van der Waals surface area contributed by atoms with E-state index in [0.717, 1.165) is 11.1 Å². The Morgan fingerprint density at radius 1 is 1.04 bits per heavy atom. The SMILES string of the molecule is COP1(=O)OC(c2ccc(C)cc2)(P(=O)(OC)OC)CC1c1ccccc1. The zero-order valence-electron chi connectivity index (χ0n) is 15.8. The van der Waals surface area contributed by atoms with E-state index in [1.807, 2.05) is 49.4 Å². The first kappa shape index (κ1) is 20.5. The predicted molar refractivity (Wildman–Crippen MR) is 104 cm³/mol. The molecule has 146 valence electrons. The summed E-state index contributed by atoms with van der Waals surface area (Å²) in [4.78, 5) is 0. The van der Waals surface area contributed by atoms with Crippen LogP contribution in [0.4, 0.5) is 0 Å². The fourth-order valence-electron chi connectivity index (χ4n) is 3.50. The molecule has 27 heavy (non-hydrogen) atoms. The number of aryl methyl sites for hydroxylation is 1. The van der Waals surface area contributed by atoms with E-state index in [1.54, 1.807) is 12.1 Å². The molecule has 1 heterocycles. The molecule has 3 atom stereocenters. The molecule has 2 aromatic rings. The van der Waals surface area contributed by atoms with E-state index < -0.39 is 26.2 Å². The van der Waals surface area contributed by atoms with Crippen LogP contribution in [0.25, 0.3) is 0 Å². The molecule has 0 saturated carbocycles. The van der Waals surface area contributed by atoms with Crippen molar-refractivity contribution in [1.82, 2.24) is 0 Å². The summed E-state index contributed by atoms with van der Waals surface area (Å²) >= 11 is 0. The molecule has 1 saturated heterocycles. The molecule has 0 aliphatic carbocycles. The van der Waals surface area contributed by atoms with Gasteiger partial charge in [0.25, 0.3) is 0 Å². The molecule has 0 amide bonds. The van der Waals surface area contributed by atoms with Crippen molar-refractivity contribution in [2.75, 3.05) is 21.3 Å². The van der Waals surface area contributed by atoms with Gasteiger partial charge in [-0.2, -0.15) is 0 Å². The predicted octanol–water partition coefficient (Wildman–Crippen LogP) is 5.63. The van der Waals surface area contributed by atoms with E-state index in [9.17, 15) is 9.13 Å². The van der Waals surface area contributed by atoms with Crippen LogP contribution in [0.1, 0.15) is 28.8 Å². The molecule has 0 spiro atoms. The first-order valence-electron chi connectivity index (χ1n) is 8.54. The fraction of sp³-hybridized carbons (Fsp3) is 0.368. The Labute approximate surface area is 159 Å². The molecule has 8 heteroatoms. The molecular weight excluding hydrogens is 386 g/mol. The van der Waals surface area contributed by atoms with Gasteiger partial charge in [0, 0.05) is 27.8 Å². The maximum Gasteiger partial charge on any atom is 0.366 e. The van der Waals surface area contributed by atoms with Crippen LogP contribution in [0, 0.1) is 6.92 Å². The maximum absolute atomic E-state index is 13.6. The lowest BCUT2D eigenvalue weighted by Crippen LogP contribution is -2.26. The standard InChI is InChI=1S/C19H24O6P2/c1-15-10-12-17(13-11-15)19(27(21,23-3)24-4)14-18(26(20,22-2)25-19)16-8-6-5-7-9-16/h5-13,18H,14H2,1-4H3. The Kier molecular flexibility index (Phi) is 5.79. The van der Waals surface area contributed by atoms with Crippen LogP contribution in [0.3, 0.4) is 0 Å². The summed E-state index contributed by atoms with van der Waals surface area (Å²) in [6.45, 7) is 1.95. The van der Waals surface area contributed by atoms with Crippen LogP contribution in [0.5, 0.6) is 0 Å². The highest BCUT2D eigenvalue weighted by Gasteiger charge is 2.65. The molecule has 0 radical (unpaired) electrons. The quantitative estimate of drug-likeness (QED) is 0.575. The molecular formula is C19H24O6P2. The molecule has 2 aromatic carbocycles. The second-order valence-electron chi connectivity index (χ2n) is 6.46. The van der Waals surface area contributed by atoms with Crippen molar-refractivity contribution in [2.24, 2.45) is 0 Å². The molecule has 1 aliphatic rings. The van der Waals surface area contributed by atoms with E-state index in [0.29, 0.717) is 5.56 Å². The molecule has 3 unspecified atom stereocenters. The zero-order valence-corrected chi connectivity index (χ0v) is 17.6. The average Bonchev–Trinajstić information content (AvgIpc) is 3.04. The Morgan fingerprint density at radius 3 is 2.15 bits per heavy atom. The lowest BCUT2D eigenvalue weighted by Gasteiger charge is -2.33. The van der Waals surface area contributed by atoms with Crippen LogP contribution in [0.15, 0.2) is 54.6 Å². The fourth-order valence-corrected chi connectivity index (χ4v) is 8.07. The Hall–Kier alpha value is -1.26. The van der Waals surface area contributed by atoms with Crippen LogP contribution < -0.4 is 0 Å². The van der Waals surface area contributed by atoms with E-state index in [4.69, 9.17) is 18.1 Å². The normalized spacial score (nSPS) is 28.4. The van der Waals surface area contributed by atoms with Gasteiger partial charge in [0.2, 0.25) is 5.34 Å². The second-order valence-corrected chi connectivity index (χ2v) is 11.2. The molecule has 1 aliphatic heterocycles. The summed E-state index contributed by atoms with van der Waals surface area (Å²) in [5, 5.41) is -1.53. The van der Waals surface area contributed by atoms with Gasteiger partial charge in [0.1, 0.15) is 0 Å². The highest BCUT2D eigenvalue weighted by Crippen LogP contribution is 2.82. The molecule has 0 bridgehead atoms. The topological polar surface area (TPSA) is 71.1 Å². The van der Waals surface area contributed by atoms with Gasteiger partial charge in [0.15, 0.2) is 0 Å². The molecule has 3 rings (SSSR count). The highest BCUT2D eigenvalue weighted by molar-refractivity contribution is 7.59. The van der Waals surface area contributed by atoms with Crippen molar-refractivity contribution >= 4 is 15.2 Å². The molecule has 0 aromatic heterocycles. The Morgan fingerprint density at radius 2 is 1.63 bits per heavy atom. The largest absolute Gasteiger partial charge is 0.366 e. The van der Waals surface area contributed by atoms with Crippen molar-refractivity contribution in [3.8, 4) is 0 Å². The average molecular weight is 410 g/mol. The maximum atomic E-state index is 13.6. The molecule has 6 nitrogen and oxygen atoms in total. The third-order valence-electron chi connectivity index (χ3n) is 4.99. The number of hydrogen-bond acceptors (Lipinski definition) is 6. The number of hydrogen-bond donors (Lipinski definition) is 0. The van der Waals surface area contributed by atoms with Crippen molar-refractivity contribution < 1.29 is 27.2 Å². The van der Waals surface area contributed by atoms with Crippen LogP contribution in [-0.2, 0) is 32.6 Å². The van der Waals surface area contributed by atoms with Gasteiger partial charge in [-0.15, -0.1) is 0 Å². The van der Waals surface area contributed by atoms with Crippen LogP contribution in [-0.4, -0.2) is 21.3 Å². The molecule has 1 fully saturated rings. The van der Waals surface area contributed by atoms with Crippen LogP contribution >= 0.6 is 15.2 Å². The summed E-state index contributed by atoms with van der Waals surface area (Å²) in [5.41, 5.74) is 1.81. The third-order valence-corrected chi connectivity index (χ3v) is 9.84. The minimum Gasteiger partial charge on any atom is -0.311 e. The monoisotopic (exact) mass is 410 g/mol. The summed E-state index contributed by atoms with van der Waals surface area (Å²) < 4.78 is 49.2. The summed E-state index contributed by atoms with van der Waals surface area (Å²) in [5.74, 6) is 0. The first-order valence-corrected chi connectivity index (χ1v) is 11.7.